The van der Waals surface area contributed by atoms with E-state index in [0.717, 1.165) is 37.2 Å². The molecular weight excluding hydrogens is 536 g/mol. The van der Waals surface area contributed by atoms with Crippen molar-refractivity contribution < 1.29 is 24.4 Å². The number of nitrogens with one attached hydrogen (secondary N) is 2. The molecule has 0 heterocycles. The smallest absolute Gasteiger partial charge is 0.322 e. The highest BCUT2D eigenvalue weighted by atomic mass is 16.6. The largest absolute Gasteiger partial charge is 0.481 e. The molecule has 2 saturated carbocycles. The van der Waals surface area contributed by atoms with E-state index in [0.29, 0.717) is 29.3 Å². The maximum absolute atomic E-state index is 13.6. The van der Waals surface area contributed by atoms with Crippen LogP contribution >= 0.6 is 0 Å². The van der Waals surface area contributed by atoms with Gasteiger partial charge in [0.15, 0.2) is 0 Å². The first-order chi connectivity index (χ1) is 19.7. The van der Waals surface area contributed by atoms with Gasteiger partial charge in [-0.15, -0.1) is 0 Å². The minimum atomic E-state index is -0.980. The van der Waals surface area contributed by atoms with E-state index in [-0.39, 0.29) is 44.1 Å². The van der Waals surface area contributed by atoms with Crippen LogP contribution < -0.4 is 10.6 Å². The summed E-state index contributed by atoms with van der Waals surface area (Å²) in [6.07, 6.45) is 10.4. The van der Waals surface area contributed by atoms with Crippen LogP contribution in [0.3, 0.4) is 0 Å². The average molecular weight is 581 g/mol. The van der Waals surface area contributed by atoms with Gasteiger partial charge >= 0.3 is 12.0 Å². The lowest BCUT2D eigenvalue weighted by Crippen LogP contribution is -2.44. The molecule has 2 aromatic rings. The van der Waals surface area contributed by atoms with Gasteiger partial charge < -0.3 is 20.6 Å². The molecule has 0 atom stereocenters. The van der Waals surface area contributed by atoms with E-state index in [1.54, 1.807) is 43.3 Å². The number of benzene rings is 2. The molecule has 0 radical (unpaired) electrons. The Morgan fingerprint density at radius 3 is 2.21 bits per heavy atom. The Labute approximate surface area is 248 Å². The van der Waals surface area contributed by atoms with Crippen molar-refractivity contribution in [1.29, 1.82) is 0 Å². The van der Waals surface area contributed by atoms with E-state index >= 15 is 0 Å². The molecule has 3 N–H and O–H groups in total. The second-order valence-corrected chi connectivity index (χ2v) is 11.4. The van der Waals surface area contributed by atoms with Crippen LogP contribution in [0.4, 0.5) is 16.2 Å². The highest BCUT2D eigenvalue weighted by Gasteiger charge is 2.33. The van der Waals surface area contributed by atoms with Crippen LogP contribution in [-0.4, -0.2) is 45.4 Å². The molecule has 2 fully saturated rings. The number of amides is 3. The van der Waals surface area contributed by atoms with Crippen molar-refractivity contribution in [2.24, 2.45) is 11.8 Å². The van der Waals surface area contributed by atoms with Gasteiger partial charge in [0.1, 0.15) is 0 Å². The summed E-state index contributed by atoms with van der Waals surface area (Å²) in [6.45, 7) is 2.04. The number of carboxylic acids is 1. The number of anilines is 1. The van der Waals surface area contributed by atoms with Gasteiger partial charge in [0, 0.05) is 42.0 Å². The third-order valence-corrected chi connectivity index (χ3v) is 8.61. The van der Waals surface area contributed by atoms with E-state index in [2.05, 4.69) is 10.6 Å². The van der Waals surface area contributed by atoms with Gasteiger partial charge in [-0.3, -0.25) is 19.7 Å². The number of hydrogen-bond acceptors (Lipinski definition) is 5. The monoisotopic (exact) mass is 580 g/mol. The molecule has 3 amide bonds. The van der Waals surface area contributed by atoms with E-state index in [9.17, 15) is 24.5 Å². The maximum Gasteiger partial charge on any atom is 0.322 e. The molecular formula is C32H44N4O6. The lowest BCUT2D eigenvalue weighted by molar-refractivity contribution is -0.385. The quantitative estimate of drug-likeness (QED) is 0.206. The molecule has 2 aromatic carbocycles. The third kappa shape index (κ3) is 8.77. The highest BCUT2D eigenvalue weighted by Crippen LogP contribution is 2.39. The highest BCUT2D eigenvalue weighted by molar-refractivity contribution is 5.94. The lowest BCUT2D eigenvalue weighted by Gasteiger charge is -2.40. The van der Waals surface area contributed by atoms with Crippen molar-refractivity contribution in [3.63, 3.8) is 0 Å². The number of carboxylic acid groups (broad SMARTS) is 1. The van der Waals surface area contributed by atoms with Gasteiger partial charge in [-0.05, 0) is 68.2 Å². The summed E-state index contributed by atoms with van der Waals surface area (Å²) in [7, 11) is 0. The first-order valence-corrected chi connectivity index (χ1v) is 14.6. The molecule has 0 aromatic heterocycles. The fourth-order valence-corrected chi connectivity index (χ4v) is 6.28. The lowest BCUT2D eigenvalue weighted by atomic mass is 9.72. The number of carbonyl (C=O) groups is 3. The second kappa shape index (κ2) is 15.3. The van der Waals surface area contributed by atoms with Gasteiger partial charge in [0.2, 0.25) is 0 Å². The first-order valence-electron chi connectivity index (χ1n) is 14.6. The maximum atomic E-state index is 13.6. The topological polar surface area (TPSA) is 142 Å². The molecule has 10 nitrogen and oxygen atoms in total. The summed E-state index contributed by atoms with van der Waals surface area (Å²) in [5, 5.41) is 25.7. The Morgan fingerprint density at radius 1 is 0.952 bits per heavy atom. The van der Waals surface area contributed by atoms with Crippen LogP contribution in [0.1, 0.15) is 93.1 Å². The minimum absolute atomic E-state index is 0. The fraction of sp³-hybridized carbons (Fsp3) is 0.531. The zero-order valence-corrected chi connectivity index (χ0v) is 23.6. The molecule has 2 aliphatic carbocycles. The predicted octanol–water partition coefficient (Wildman–Crippen LogP) is 6.92. The van der Waals surface area contributed by atoms with Crippen LogP contribution in [0.2, 0.25) is 0 Å². The van der Waals surface area contributed by atoms with E-state index in [1.807, 2.05) is 4.90 Å². The summed E-state index contributed by atoms with van der Waals surface area (Å²) < 4.78 is 0. The van der Waals surface area contributed by atoms with Gasteiger partial charge in [-0.25, -0.2) is 4.79 Å². The summed E-state index contributed by atoms with van der Waals surface area (Å²) >= 11 is 0. The second-order valence-electron chi connectivity index (χ2n) is 11.4. The third-order valence-electron chi connectivity index (χ3n) is 8.61. The number of nitro groups is 1. The van der Waals surface area contributed by atoms with Crippen LogP contribution in [0.25, 0.3) is 0 Å². The molecule has 4 rings (SSSR count). The number of aliphatic carboxylic acids is 1. The minimum Gasteiger partial charge on any atom is -0.481 e. The zero-order valence-electron chi connectivity index (χ0n) is 23.6. The Balaban J connectivity index is 0.00000484. The van der Waals surface area contributed by atoms with Crippen LogP contribution in [0.5, 0.6) is 0 Å². The number of nitro benzene ring substituents is 1. The number of carbonyl (C=O) groups excluding carboxylic acids is 2. The van der Waals surface area contributed by atoms with Crippen molar-refractivity contribution in [3.8, 4) is 0 Å². The molecule has 228 valence electrons. The van der Waals surface area contributed by atoms with Crippen molar-refractivity contribution >= 4 is 29.3 Å². The van der Waals surface area contributed by atoms with Crippen LogP contribution in [0.15, 0.2) is 42.5 Å². The van der Waals surface area contributed by atoms with Gasteiger partial charge in [0.05, 0.1) is 11.3 Å². The number of hydrogen-bond donors (Lipinski definition) is 3. The van der Waals surface area contributed by atoms with E-state index in [4.69, 9.17) is 5.11 Å². The average Bonchev–Trinajstić information content (AvgIpc) is 2.97. The SMILES string of the molecule is C.Cc1ccc(NC(=O)N(Cc2ccc(C(=O)NCCC(=O)O)cc2)C2CCC(C3CCCCC3)CC2)cc1[N+](=O)[O-]. The summed E-state index contributed by atoms with van der Waals surface area (Å²) in [4.78, 5) is 49.5. The molecule has 2 aliphatic rings. The van der Waals surface area contributed by atoms with Gasteiger partial charge in [0.25, 0.3) is 11.6 Å². The summed E-state index contributed by atoms with van der Waals surface area (Å²) in [5.74, 6) is 0.158. The van der Waals surface area contributed by atoms with Crippen molar-refractivity contribution in [2.45, 2.75) is 91.1 Å². The fourth-order valence-electron chi connectivity index (χ4n) is 6.28. The molecule has 42 heavy (non-hydrogen) atoms. The molecule has 0 saturated heterocycles. The molecule has 0 unspecified atom stereocenters. The van der Waals surface area contributed by atoms with Crippen molar-refractivity contribution in [3.05, 3.63) is 69.3 Å². The molecule has 10 heteroatoms. The number of aryl methyl sites for hydroxylation is 1. The predicted molar refractivity (Wildman–Crippen MR) is 162 cm³/mol. The molecule has 0 spiro atoms. The summed E-state index contributed by atoms with van der Waals surface area (Å²) in [5.41, 5.74) is 2.13. The number of urea groups is 1. The zero-order chi connectivity index (χ0) is 29.4. The van der Waals surface area contributed by atoms with Crippen molar-refractivity contribution in [2.75, 3.05) is 11.9 Å². The molecule has 0 aliphatic heterocycles. The van der Waals surface area contributed by atoms with E-state index < -0.39 is 10.9 Å². The standard InChI is InChI=1S/C31H40N4O6.CH4/c1-21-7-14-26(19-28(21)35(40)41)33-31(39)34(27-15-12-24(13-16-27)23-5-3-2-4-6-23)20-22-8-10-25(11-9-22)30(38)32-18-17-29(36)37;/h7-11,14,19,23-24,27H,2-6,12-13,15-18,20H2,1H3,(H,32,38)(H,33,39)(H,36,37);1H4. The first kappa shape index (κ1) is 32.6. The Morgan fingerprint density at radius 2 is 1.60 bits per heavy atom. The van der Waals surface area contributed by atoms with Crippen molar-refractivity contribution in [1.82, 2.24) is 10.2 Å². The Hall–Kier alpha value is -3.95. The van der Waals surface area contributed by atoms with E-state index in [1.165, 1.54) is 38.2 Å². The Kier molecular flexibility index (Phi) is 11.9. The van der Waals surface area contributed by atoms with Crippen LogP contribution in [0, 0.1) is 28.9 Å². The summed E-state index contributed by atoms with van der Waals surface area (Å²) in [6, 6.07) is 11.4. The number of nitrogens with zero attached hydrogens (tertiary/aromatic N) is 2. The Bertz CT molecular complexity index is 1230. The molecule has 0 bridgehead atoms. The van der Waals surface area contributed by atoms with Crippen LogP contribution in [-0.2, 0) is 11.3 Å². The normalized spacial score (nSPS) is 18.8. The number of rotatable bonds is 10. The van der Waals surface area contributed by atoms with Gasteiger partial charge in [-0.2, -0.15) is 0 Å². The van der Waals surface area contributed by atoms with Gasteiger partial charge in [-0.1, -0.05) is 57.7 Å².